The van der Waals surface area contributed by atoms with Gasteiger partial charge in [-0.2, -0.15) is 0 Å². The topological polar surface area (TPSA) is 48.1 Å². The smallest absolute Gasteiger partial charge is 0.240 e. The number of nitrogens with one attached hydrogen (secondary N) is 2. The van der Waals surface area contributed by atoms with Crippen molar-refractivity contribution in [2.45, 2.75) is 12.5 Å². The van der Waals surface area contributed by atoms with Crippen LogP contribution in [0.1, 0.15) is 5.56 Å². The number of fused-ring (bicyclic) bond motifs is 1. The fourth-order valence-electron chi connectivity index (χ4n) is 2.36. The maximum absolute atomic E-state index is 11.8. The Morgan fingerprint density at radius 3 is 3.00 bits per heavy atom. The second-order valence-corrected chi connectivity index (χ2v) is 4.51. The lowest BCUT2D eigenvalue weighted by molar-refractivity contribution is -0.127. The molecule has 0 spiro atoms. The van der Waals surface area contributed by atoms with Crippen LogP contribution in [0.15, 0.2) is 30.5 Å². The van der Waals surface area contributed by atoms with E-state index in [-0.39, 0.29) is 11.9 Å². The molecule has 1 aromatic heterocycles. The summed E-state index contributed by atoms with van der Waals surface area (Å²) in [5.41, 5.74) is 2.32. The summed E-state index contributed by atoms with van der Waals surface area (Å²) < 4.78 is 0. The number of hydrogen-bond acceptors (Lipinski definition) is 2. The summed E-state index contributed by atoms with van der Waals surface area (Å²) in [6, 6.07) is 8.09. The number of para-hydroxylation sites is 1. The van der Waals surface area contributed by atoms with E-state index in [4.69, 9.17) is 0 Å². The number of aromatic amines is 1. The first-order valence-electron chi connectivity index (χ1n) is 5.79. The molecule has 0 aliphatic carbocycles. The third-order valence-electron chi connectivity index (χ3n) is 3.35. The van der Waals surface area contributed by atoms with E-state index < -0.39 is 0 Å². The molecule has 0 saturated carbocycles. The summed E-state index contributed by atoms with van der Waals surface area (Å²) in [4.78, 5) is 16.8. The minimum Gasteiger partial charge on any atom is -0.361 e. The number of benzene rings is 1. The fourth-order valence-corrected chi connectivity index (χ4v) is 2.36. The number of amides is 1. The van der Waals surface area contributed by atoms with Crippen molar-refractivity contribution in [1.82, 2.24) is 15.2 Å². The van der Waals surface area contributed by atoms with Crippen molar-refractivity contribution in [1.29, 1.82) is 0 Å². The molecule has 2 heterocycles. The summed E-state index contributed by atoms with van der Waals surface area (Å²) in [6.45, 7) is 0.645. The number of nitrogens with zero attached hydrogens (tertiary/aromatic N) is 1. The van der Waals surface area contributed by atoms with Gasteiger partial charge in [-0.1, -0.05) is 18.2 Å². The molecule has 1 aliphatic rings. The Kier molecular flexibility index (Phi) is 2.37. The lowest BCUT2D eigenvalue weighted by atomic mass is 10.1. The molecule has 1 aromatic carbocycles. The van der Waals surface area contributed by atoms with E-state index in [0.29, 0.717) is 6.67 Å². The zero-order valence-corrected chi connectivity index (χ0v) is 9.73. The van der Waals surface area contributed by atoms with E-state index in [0.717, 1.165) is 11.9 Å². The van der Waals surface area contributed by atoms with Gasteiger partial charge in [0.25, 0.3) is 0 Å². The first kappa shape index (κ1) is 10.4. The van der Waals surface area contributed by atoms with Crippen molar-refractivity contribution >= 4 is 16.8 Å². The highest BCUT2D eigenvalue weighted by molar-refractivity contribution is 5.87. The minimum atomic E-state index is -0.0841. The van der Waals surface area contributed by atoms with Gasteiger partial charge in [0.2, 0.25) is 5.91 Å². The van der Waals surface area contributed by atoms with Gasteiger partial charge in [0, 0.05) is 24.1 Å². The van der Waals surface area contributed by atoms with Gasteiger partial charge in [0.15, 0.2) is 0 Å². The van der Waals surface area contributed by atoms with Crippen molar-refractivity contribution in [3.63, 3.8) is 0 Å². The van der Waals surface area contributed by atoms with Crippen LogP contribution in [0.3, 0.4) is 0 Å². The molecule has 1 aliphatic heterocycles. The Bertz CT molecular complexity index is 561. The number of aromatic nitrogens is 1. The van der Waals surface area contributed by atoms with Gasteiger partial charge in [-0.05, 0) is 18.1 Å². The highest BCUT2D eigenvalue weighted by Crippen LogP contribution is 2.20. The van der Waals surface area contributed by atoms with Gasteiger partial charge in [-0.25, -0.2) is 0 Å². The van der Waals surface area contributed by atoms with Crippen molar-refractivity contribution in [3.8, 4) is 0 Å². The second kappa shape index (κ2) is 3.89. The van der Waals surface area contributed by atoms with E-state index in [1.165, 1.54) is 10.9 Å². The van der Waals surface area contributed by atoms with Gasteiger partial charge in [0.05, 0.1) is 12.7 Å². The molecular formula is C13H15N3O. The zero-order valence-electron chi connectivity index (χ0n) is 9.73. The summed E-state index contributed by atoms with van der Waals surface area (Å²) in [7, 11) is 1.82. The molecule has 4 nitrogen and oxygen atoms in total. The van der Waals surface area contributed by atoms with Crippen LogP contribution < -0.4 is 5.32 Å². The Morgan fingerprint density at radius 1 is 1.41 bits per heavy atom. The molecule has 0 bridgehead atoms. The molecule has 1 saturated heterocycles. The van der Waals surface area contributed by atoms with Crippen molar-refractivity contribution in [2.75, 3.05) is 13.7 Å². The predicted octanol–water partition coefficient (Wildman–Crippen LogP) is 1.10. The SMILES string of the molecule is CN1CN[C@@H](Cc2c[nH]c3ccccc23)C1=O. The van der Waals surface area contributed by atoms with E-state index in [2.05, 4.69) is 22.4 Å². The molecule has 2 N–H and O–H groups in total. The standard InChI is InChI=1S/C13H15N3O/c1-16-8-15-12(13(16)17)6-9-7-14-11-5-3-2-4-10(9)11/h2-5,7,12,14-15H,6,8H2,1H3/t12-/m0/s1. The molecule has 88 valence electrons. The molecule has 1 fully saturated rings. The number of likely N-dealkylation sites (N-methyl/N-ethyl adjacent to an activating group) is 1. The fraction of sp³-hybridized carbons (Fsp3) is 0.308. The maximum atomic E-state index is 11.8. The number of carbonyl (C=O) groups is 1. The van der Waals surface area contributed by atoms with Crippen LogP contribution in [-0.4, -0.2) is 35.5 Å². The highest BCUT2D eigenvalue weighted by atomic mass is 16.2. The van der Waals surface area contributed by atoms with Crippen molar-refractivity contribution in [3.05, 3.63) is 36.0 Å². The molecule has 0 unspecified atom stereocenters. The highest BCUT2D eigenvalue weighted by Gasteiger charge is 2.28. The van der Waals surface area contributed by atoms with Gasteiger partial charge in [0.1, 0.15) is 0 Å². The molecule has 0 radical (unpaired) electrons. The summed E-state index contributed by atoms with van der Waals surface area (Å²) in [6.07, 6.45) is 2.74. The van der Waals surface area contributed by atoms with E-state index in [1.54, 1.807) is 4.90 Å². The zero-order chi connectivity index (χ0) is 11.8. The Labute approximate surface area is 99.6 Å². The third-order valence-corrected chi connectivity index (χ3v) is 3.35. The van der Waals surface area contributed by atoms with Crippen LogP contribution >= 0.6 is 0 Å². The Hall–Kier alpha value is -1.81. The quantitative estimate of drug-likeness (QED) is 0.810. The average Bonchev–Trinajstić information content (AvgIpc) is 2.89. The monoisotopic (exact) mass is 229 g/mol. The first-order chi connectivity index (χ1) is 8.25. The van der Waals surface area contributed by atoms with Crippen LogP contribution in [0.2, 0.25) is 0 Å². The predicted molar refractivity (Wildman–Crippen MR) is 66.6 cm³/mol. The second-order valence-electron chi connectivity index (χ2n) is 4.51. The van der Waals surface area contributed by atoms with E-state index >= 15 is 0 Å². The number of carbonyl (C=O) groups excluding carboxylic acids is 1. The van der Waals surface area contributed by atoms with Gasteiger partial charge < -0.3 is 9.88 Å². The first-order valence-corrected chi connectivity index (χ1v) is 5.79. The van der Waals surface area contributed by atoms with E-state index in [1.807, 2.05) is 25.4 Å². The number of rotatable bonds is 2. The molecule has 1 amide bonds. The number of hydrogen-bond donors (Lipinski definition) is 2. The molecule has 4 heteroatoms. The van der Waals surface area contributed by atoms with Crippen LogP contribution in [0.4, 0.5) is 0 Å². The molecule has 1 atom stereocenters. The van der Waals surface area contributed by atoms with Crippen molar-refractivity contribution < 1.29 is 4.79 Å². The van der Waals surface area contributed by atoms with Crippen LogP contribution in [0.25, 0.3) is 10.9 Å². The normalized spacial score (nSPS) is 20.4. The van der Waals surface area contributed by atoms with Crippen LogP contribution in [0, 0.1) is 0 Å². The molecule has 17 heavy (non-hydrogen) atoms. The van der Waals surface area contributed by atoms with Crippen molar-refractivity contribution in [2.24, 2.45) is 0 Å². The number of H-pyrrole nitrogens is 1. The average molecular weight is 229 g/mol. The molecule has 3 rings (SSSR count). The van der Waals surface area contributed by atoms with Gasteiger partial charge in [-0.3, -0.25) is 10.1 Å². The van der Waals surface area contributed by atoms with Gasteiger partial charge >= 0.3 is 0 Å². The molecule has 2 aromatic rings. The summed E-state index contributed by atoms with van der Waals surface area (Å²) in [5, 5.41) is 4.43. The summed E-state index contributed by atoms with van der Waals surface area (Å²) in [5.74, 6) is 0.176. The van der Waals surface area contributed by atoms with E-state index in [9.17, 15) is 4.79 Å². The van der Waals surface area contributed by atoms with Crippen LogP contribution in [0.5, 0.6) is 0 Å². The van der Waals surface area contributed by atoms with Gasteiger partial charge in [-0.15, -0.1) is 0 Å². The molecular weight excluding hydrogens is 214 g/mol. The van der Waals surface area contributed by atoms with Crippen LogP contribution in [-0.2, 0) is 11.2 Å². The third kappa shape index (κ3) is 1.70. The maximum Gasteiger partial charge on any atom is 0.240 e. The minimum absolute atomic E-state index is 0.0841. The lowest BCUT2D eigenvalue weighted by Gasteiger charge is -2.08. The Balaban J connectivity index is 1.88. The Morgan fingerprint density at radius 2 is 2.24 bits per heavy atom. The summed E-state index contributed by atoms with van der Waals surface area (Å²) >= 11 is 0. The lowest BCUT2D eigenvalue weighted by Crippen LogP contribution is -2.30. The largest absolute Gasteiger partial charge is 0.361 e.